The van der Waals surface area contributed by atoms with Gasteiger partial charge in [0.2, 0.25) is 5.88 Å². The molecule has 1 fully saturated rings. The number of ether oxygens (including phenoxy) is 2. The van der Waals surface area contributed by atoms with Crippen LogP contribution in [0.5, 0.6) is 5.88 Å². The van der Waals surface area contributed by atoms with Crippen molar-refractivity contribution in [3.05, 3.63) is 89.1 Å². The maximum atomic E-state index is 12.1. The average Bonchev–Trinajstić information content (AvgIpc) is 3.58. The lowest BCUT2D eigenvalue weighted by Crippen LogP contribution is -2.32. The first-order valence-electron chi connectivity index (χ1n) is 13.7. The minimum atomic E-state index is -0.488. The van der Waals surface area contributed by atoms with Gasteiger partial charge in [0.1, 0.15) is 17.9 Å². The van der Waals surface area contributed by atoms with Gasteiger partial charge in [-0.1, -0.05) is 36.8 Å². The van der Waals surface area contributed by atoms with E-state index in [1.807, 2.05) is 36.5 Å². The number of hydrogen-bond acceptors (Lipinski definition) is 8. The quantitative estimate of drug-likeness (QED) is 0.148. The van der Waals surface area contributed by atoms with Gasteiger partial charge >= 0.3 is 5.97 Å². The smallest absolute Gasteiger partial charge is 0.366 e. The molecule has 6 rings (SSSR count). The number of imidazole rings is 1. The van der Waals surface area contributed by atoms with Crippen molar-refractivity contribution in [2.24, 2.45) is 0 Å². The molecule has 4 aromatic heterocycles. The van der Waals surface area contributed by atoms with E-state index in [9.17, 15) is 4.79 Å². The number of benzene rings is 1. The molecule has 0 saturated carbocycles. The molecule has 12 heteroatoms. The number of aryl methyl sites for hydroxylation is 1. The predicted octanol–water partition coefficient (Wildman–Crippen LogP) is 5.04. The van der Waals surface area contributed by atoms with E-state index in [0.717, 1.165) is 40.9 Å². The number of halogens is 1. The fourth-order valence-corrected chi connectivity index (χ4v) is 5.64. The molecule has 1 aliphatic heterocycles. The summed E-state index contributed by atoms with van der Waals surface area (Å²) in [5.41, 5.74) is 4.84. The molecule has 10 nitrogen and oxygen atoms in total. The van der Waals surface area contributed by atoms with Crippen molar-refractivity contribution >= 4 is 54.7 Å². The monoisotopic (exact) mass is 696 g/mol. The van der Waals surface area contributed by atoms with Crippen molar-refractivity contribution in [3.63, 3.8) is 0 Å². The molecule has 1 aliphatic rings. The highest BCUT2D eigenvalue weighted by Gasteiger charge is 2.26. The number of pyridine rings is 2. The molecule has 0 radical (unpaired) electrons. The third-order valence-corrected chi connectivity index (χ3v) is 8.24. The fraction of sp³-hybridized carbons (Fsp3) is 0.300. The third-order valence-electron chi connectivity index (χ3n) is 7.30. The summed E-state index contributed by atoms with van der Waals surface area (Å²) in [5.74, 6) is 1.63. The van der Waals surface area contributed by atoms with Crippen molar-refractivity contribution < 1.29 is 17.3 Å². The van der Waals surface area contributed by atoms with Gasteiger partial charge in [-0.15, -0.1) is 9.24 Å². The molecule has 0 bridgehead atoms. The van der Waals surface area contributed by atoms with E-state index in [4.69, 9.17) is 22.6 Å². The highest BCUT2D eigenvalue weighted by Crippen LogP contribution is 2.27. The molecule has 0 N–H and O–H groups in total. The van der Waals surface area contributed by atoms with Gasteiger partial charge in [-0.2, -0.15) is 10.1 Å². The summed E-state index contributed by atoms with van der Waals surface area (Å²) < 4.78 is 20.4. The lowest BCUT2D eigenvalue weighted by molar-refractivity contribution is -0.0591. The number of carbonyl (C=O) groups excluding carboxylic acids is 1. The van der Waals surface area contributed by atoms with Crippen LogP contribution in [0, 0.1) is 6.92 Å². The van der Waals surface area contributed by atoms with Crippen LogP contribution in [-0.4, -0.2) is 48.0 Å². The van der Waals surface area contributed by atoms with Crippen molar-refractivity contribution in [1.29, 1.82) is 0 Å². The Balaban J connectivity index is 1.20. The van der Waals surface area contributed by atoms with Gasteiger partial charge in [0.15, 0.2) is 40.2 Å². The van der Waals surface area contributed by atoms with Crippen LogP contribution < -0.4 is 10.0 Å². The second kappa shape index (κ2) is 12.4. The second-order valence-corrected chi connectivity index (χ2v) is 11.5. The molecule has 0 aliphatic carbocycles. The second-order valence-electron chi connectivity index (χ2n) is 10.4. The first kappa shape index (κ1) is 28.7. The summed E-state index contributed by atoms with van der Waals surface area (Å²) in [5, 5.41) is 5.92. The maximum Gasteiger partial charge on any atom is 0.366 e. The first-order valence-corrected chi connectivity index (χ1v) is 15.1. The summed E-state index contributed by atoms with van der Waals surface area (Å²) in [6, 6.07) is 17.4. The lowest BCUT2D eigenvalue weighted by Gasteiger charge is -2.28. The number of fused-ring (bicyclic) bond motifs is 1. The molecule has 1 saturated heterocycles. The highest BCUT2D eigenvalue weighted by atomic mass is 127. The fourth-order valence-electron chi connectivity index (χ4n) is 4.97. The van der Waals surface area contributed by atoms with E-state index in [1.165, 1.54) is 5.56 Å². The van der Waals surface area contributed by atoms with Gasteiger partial charge in [0.25, 0.3) is 0 Å². The van der Waals surface area contributed by atoms with E-state index in [0.29, 0.717) is 36.9 Å². The van der Waals surface area contributed by atoms with Gasteiger partial charge in [-0.25, -0.2) is 19.4 Å². The van der Waals surface area contributed by atoms with Crippen LogP contribution >= 0.6 is 32.2 Å². The predicted molar refractivity (Wildman–Crippen MR) is 170 cm³/mol. The zero-order valence-electron chi connectivity index (χ0n) is 23.2. The first-order chi connectivity index (χ1) is 20.4. The lowest BCUT2D eigenvalue weighted by atomic mass is 10.0. The van der Waals surface area contributed by atoms with Gasteiger partial charge in [-0.05, 0) is 48.5 Å². The van der Waals surface area contributed by atoms with E-state index >= 15 is 0 Å². The molecular weight excluding hydrogens is 666 g/mol. The van der Waals surface area contributed by atoms with Crippen molar-refractivity contribution in [2.45, 2.75) is 51.9 Å². The van der Waals surface area contributed by atoms with Gasteiger partial charge in [-0.3, -0.25) is 0 Å². The number of rotatable bonds is 10. The molecule has 0 amide bonds. The molecule has 5 heterocycles. The van der Waals surface area contributed by atoms with E-state index in [2.05, 4.69) is 55.8 Å². The Bertz CT molecular complexity index is 1750. The van der Waals surface area contributed by atoms with Crippen LogP contribution in [0.25, 0.3) is 17.0 Å². The van der Waals surface area contributed by atoms with Crippen molar-refractivity contribution in [1.82, 2.24) is 29.3 Å². The number of aromatic nitrogens is 6. The highest BCUT2D eigenvalue weighted by molar-refractivity contribution is 14.1. The van der Waals surface area contributed by atoms with Crippen LogP contribution in [0.3, 0.4) is 0 Å². The maximum absolute atomic E-state index is 12.1. The number of hydrogen-bond donors (Lipinski definition) is 0. The molecule has 5 aromatic rings. The molecule has 1 aromatic carbocycles. The minimum Gasteiger partial charge on any atom is -0.473 e. The zero-order chi connectivity index (χ0) is 29.2. The Morgan fingerprint density at radius 2 is 2.02 bits per heavy atom. The summed E-state index contributed by atoms with van der Waals surface area (Å²) in [6.07, 6.45) is 3.64. The molecule has 2 unspecified atom stereocenters. The van der Waals surface area contributed by atoms with E-state index in [1.54, 1.807) is 33.8 Å². The summed E-state index contributed by atoms with van der Waals surface area (Å²) in [6.45, 7) is 6.00. The molecule has 42 heavy (non-hydrogen) atoms. The summed E-state index contributed by atoms with van der Waals surface area (Å²) in [4.78, 5) is 26.3. The normalized spacial score (nSPS) is 15.4. The van der Waals surface area contributed by atoms with Crippen molar-refractivity contribution in [2.75, 3.05) is 6.61 Å². The molecule has 216 valence electrons. The van der Waals surface area contributed by atoms with Crippen LogP contribution in [-0.2, 0) is 27.4 Å². The van der Waals surface area contributed by atoms with Gasteiger partial charge in [0, 0.05) is 31.2 Å². The van der Waals surface area contributed by atoms with Gasteiger partial charge < -0.3 is 17.1 Å². The van der Waals surface area contributed by atoms with Crippen molar-refractivity contribution in [3.8, 4) is 11.7 Å². The number of carbonyl (C=O) groups is 1. The Labute approximate surface area is 259 Å². The molecule has 0 spiro atoms. The number of nitrogens with zero attached hydrogens (tertiary/aromatic N) is 6. The Morgan fingerprint density at radius 3 is 2.79 bits per heavy atom. The Morgan fingerprint density at radius 1 is 1.17 bits per heavy atom. The summed E-state index contributed by atoms with van der Waals surface area (Å²) >= 11 is 1.58. The SMILES string of the molecule is Cc1ccc(COc2cccc(-n3ccc(CC(C)c4nc5ccc(C(=O)OI)nc5n4C[C@@H]4CCO4)n3)n2)c(P)c1. The van der Waals surface area contributed by atoms with Crippen LogP contribution in [0.15, 0.2) is 60.8 Å². The average molecular weight is 696 g/mol. The standard InChI is InChI=1S/C30H30IN6O4P/c1-18-6-7-20(25(42)14-18)17-40-27-5-3-4-26(34-27)37-12-10-21(35-37)15-19(2)28-32-23-8-9-24(30(38)41-31)33-29(23)36(28)16-22-11-13-39-22/h3-10,12,14,19,22H,11,13,15-17,42H2,1-2H3/t19?,22-/m0/s1. The van der Waals surface area contributed by atoms with Crippen LogP contribution in [0.2, 0.25) is 0 Å². The van der Waals surface area contributed by atoms with Crippen LogP contribution in [0.4, 0.5) is 0 Å². The van der Waals surface area contributed by atoms with E-state index in [-0.39, 0.29) is 17.7 Å². The zero-order valence-corrected chi connectivity index (χ0v) is 26.5. The minimum absolute atomic E-state index is 0.0286. The Hall–Kier alpha value is -3.41. The largest absolute Gasteiger partial charge is 0.473 e. The van der Waals surface area contributed by atoms with Crippen LogP contribution in [0.1, 0.15) is 52.4 Å². The van der Waals surface area contributed by atoms with Gasteiger partial charge in [0.05, 0.1) is 18.3 Å². The topological polar surface area (TPSA) is 106 Å². The third kappa shape index (κ3) is 6.18. The molecule has 3 atom stereocenters. The van der Waals surface area contributed by atoms with E-state index < -0.39 is 5.97 Å². The summed E-state index contributed by atoms with van der Waals surface area (Å²) in [7, 11) is 2.76. The Kier molecular flexibility index (Phi) is 8.50. The molecular formula is C30H30IN6O4P.